The van der Waals surface area contributed by atoms with Crippen LogP contribution in [-0.2, 0) is 27.2 Å². The lowest BCUT2D eigenvalue weighted by molar-refractivity contribution is -0.138. The van der Waals surface area contributed by atoms with Crippen molar-refractivity contribution in [3.05, 3.63) is 35.4 Å². The number of aliphatic carboxylic acids is 1. The lowest BCUT2D eigenvalue weighted by atomic mass is 9.93. The van der Waals surface area contributed by atoms with E-state index >= 15 is 0 Å². The van der Waals surface area contributed by atoms with Gasteiger partial charge in [-0.2, -0.15) is 0 Å². The Morgan fingerprint density at radius 3 is 2.16 bits per heavy atom. The zero-order chi connectivity index (χ0) is 23.9. The number of benzene rings is 1. The summed E-state index contributed by atoms with van der Waals surface area (Å²) in [6, 6.07) is 7.54. The first kappa shape index (κ1) is 26.9. The molecule has 2 atom stereocenters. The zero-order valence-electron chi connectivity index (χ0n) is 19.1. The Kier molecular flexibility index (Phi) is 12.5. The van der Waals surface area contributed by atoms with Gasteiger partial charge < -0.3 is 27.2 Å². The Bertz CT molecular complexity index is 760. The molecule has 9 heteroatoms. The summed E-state index contributed by atoms with van der Waals surface area (Å²) < 4.78 is 0. The number of hydrogen-bond acceptors (Lipinski definition) is 4. The molecule has 2 amide bonds. The maximum atomic E-state index is 12.9. The molecule has 1 unspecified atom stereocenters. The van der Waals surface area contributed by atoms with Gasteiger partial charge in [-0.1, -0.05) is 37.6 Å². The number of aryl methyl sites for hydroxylation is 2. The minimum absolute atomic E-state index is 0.0259. The highest BCUT2D eigenvalue weighted by Crippen LogP contribution is 2.17. The summed E-state index contributed by atoms with van der Waals surface area (Å²) in [7, 11) is 1.50. The number of likely N-dealkylation sites (N-methyl/N-ethyl adjacent to an activating group) is 1. The molecule has 0 aliphatic rings. The summed E-state index contributed by atoms with van der Waals surface area (Å²) in [6.07, 6.45) is 4.24. The molecular weight excluding hydrogens is 410 g/mol. The lowest BCUT2D eigenvalue weighted by Gasteiger charge is -2.21. The third kappa shape index (κ3) is 10.8. The van der Waals surface area contributed by atoms with Crippen LogP contribution in [0, 0.1) is 5.92 Å². The second-order valence-corrected chi connectivity index (χ2v) is 7.86. The molecule has 1 aromatic carbocycles. The number of guanidine groups is 1. The lowest BCUT2D eigenvalue weighted by Crippen LogP contribution is -2.47. The van der Waals surface area contributed by atoms with Gasteiger partial charge in [-0.05, 0) is 49.7 Å². The second kappa shape index (κ2) is 14.8. The molecular formula is C23H37N5O4. The molecule has 0 saturated carbocycles. The van der Waals surface area contributed by atoms with Crippen molar-refractivity contribution in [3.63, 3.8) is 0 Å². The van der Waals surface area contributed by atoms with Crippen molar-refractivity contribution in [3.8, 4) is 0 Å². The van der Waals surface area contributed by atoms with E-state index in [1.807, 2.05) is 12.1 Å². The maximum absolute atomic E-state index is 12.9. The predicted molar refractivity (Wildman–Crippen MR) is 125 cm³/mol. The van der Waals surface area contributed by atoms with E-state index in [0.29, 0.717) is 32.2 Å². The van der Waals surface area contributed by atoms with E-state index in [-0.39, 0.29) is 30.6 Å². The van der Waals surface area contributed by atoms with Crippen LogP contribution in [0.25, 0.3) is 0 Å². The normalized spacial score (nSPS) is 12.4. The Labute approximate surface area is 190 Å². The largest absolute Gasteiger partial charge is 0.481 e. The number of amides is 2. The Morgan fingerprint density at radius 2 is 1.62 bits per heavy atom. The molecule has 1 rings (SSSR count). The van der Waals surface area contributed by atoms with Gasteiger partial charge in [0.25, 0.3) is 0 Å². The number of carbonyl (C=O) groups excluding carboxylic acids is 2. The van der Waals surface area contributed by atoms with Crippen LogP contribution in [0.15, 0.2) is 29.3 Å². The smallest absolute Gasteiger partial charge is 0.303 e. The molecule has 0 saturated heterocycles. The second-order valence-electron chi connectivity index (χ2n) is 7.86. The van der Waals surface area contributed by atoms with E-state index in [4.69, 9.17) is 16.6 Å². The predicted octanol–water partition coefficient (Wildman–Crippen LogP) is 1.34. The van der Waals surface area contributed by atoms with Gasteiger partial charge in [-0.15, -0.1) is 0 Å². The van der Waals surface area contributed by atoms with Gasteiger partial charge in [0.05, 0.1) is 0 Å². The Morgan fingerprint density at radius 1 is 1.00 bits per heavy atom. The molecule has 0 aromatic heterocycles. The summed E-state index contributed by atoms with van der Waals surface area (Å²) in [5, 5.41) is 14.4. The highest BCUT2D eigenvalue weighted by Gasteiger charge is 2.25. The topological polar surface area (TPSA) is 160 Å². The van der Waals surface area contributed by atoms with Gasteiger partial charge in [0, 0.05) is 25.9 Å². The summed E-state index contributed by atoms with van der Waals surface area (Å²) in [4.78, 5) is 40.1. The van der Waals surface area contributed by atoms with Crippen LogP contribution >= 0.6 is 0 Å². The fourth-order valence-electron chi connectivity index (χ4n) is 3.44. The molecule has 0 aliphatic heterocycles. The highest BCUT2D eigenvalue weighted by molar-refractivity contribution is 5.88. The zero-order valence-corrected chi connectivity index (χ0v) is 19.1. The van der Waals surface area contributed by atoms with Crippen molar-refractivity contribution in [2.45, 2.75) is 64.3 Å². The van der Waals surface area contributed by atoms with Crippen LogP contribution < -0.4 is 22.1 Å². The van der Waals surface area contributed by atoms with E-state index in [9.17, 15) is 14.4 Å². The van der Waals surface area contributed by atoms with E-state index < -0.39 is 17.9 Å². The quantitative estimate of drug-likeness (QED) is 0.155. The Hall–Kier alpha value is -3.10. The number of aliphatic imine (C=N–C) groups is 1. The summed E-state index contributed by atoms with van der Waals surface area (Å²) in [6.45, 7) is 2.48. The standard InChI is InChI=1S/C23H37N5O4/c1-3-5-16-7-9-17(10-8-16)11-12-18(13-14-20(29)30)21(31)28-19(22(32)26-2)6-4-15-27-23(24)25/h7-10,18-19H,3-6,11-15H2,1-2H3,(H,26,32)(H,28,31)(H,29,30)(H4,24,25,27)/t18?,19-/m0/s1. The van der Waals surface area contributed by atoms with Crippen molar-refractivity contribution >= 4 is 23.7 Å². The summed E-state index contributed by atoms with van der Waals surface area (Å²) in [5.41, 5.74) is 13.0. The monoisotopic (exact) mass is 447 g/mol. The number of rotatable bonds is 15. The molecule has 0 fully saturated rings. The number of hydrogen-bond donors (Lipinski definition) is 5. The molecule has 1 aromatic rings. The van der Waals surface area contributed by atoms with Gasteiger partial charge in [-0.25, -0.2) is 0 Å². The van der Waals surface area contributed by atoms with E-state index in [2.05, 4.69) is 34.7 Å². The van der Waals surface area contributed by atoms with Crippen molar-refractivity contribution in [2.24, 2.45) is 22.4 Å². The molecule has 178 valence electrons. The molecule has 32 heavy (non-hydrogen) atoms. The highest BCUT2D eigenvalue weighted by atomic mass is 16.4. The van der Waals surface area contributed by atoms with Crippen LogP contribution in [0.3, 0.4) is 0 Å². The number of nitrogens with one attached hydrogen (secondary N) is 2. The first-order chi connectivity index (χ1) is 15.3. The van der Waals surface area contributed by atoms with Crippen LogP contribution in [-0.4, -0.2) is 48.5 Å². The summed E-state index contributed by atoms with van der Waals surface area (Å²) in [5.74, 6) is -2.11. The van der Waals surface area contributed by atoms with Gasteiger partial charge in [0.15, 0.2) is 5.96 Å². The average Bonchev–Trinajstić information content (AvgIpc) is 2.76. The van der Waals surface area contributed by atoms with Crippen molar-refractivity contribution in [1.29, 1.82) is 0 Å². The van der Waals surface area contributed by atoms with Crippen LogP contribution in [0.2, 0.25) is 0 Å². The number of carboxylic acids is 1. The maximum Gasteiger partial charge on any atom is 0.303 e. The molecule has 0 aliphatic carbocycles. The molecule has 0 radical (unpaired) electrons. The fourth-order valence-corrected chi connectivity index (χ4v) is 3.44. The minimum atomic E-state index is -0.952. The third-order valence-corrected chi connectivity index (χ3v) is 5.25. The Balaban J connectivity index is 2.78. The molecule has 0 bridgehead atoms. The van der Waals surface area contributed by atoms with Gasteiger partial charge in [-0.3, -0.25) is 19.4 Å². The summed E-state index contributed by atoms with van der Waals surface area (Å²) >= 11 is 0. The van der Waals surface area contributed by atoms with Crippen molar-refractivity contribution < 1.29 is 19.5 Å². The minimum Gasteiger partial charge on any atom is -0.481 e. The van der Waals surface area contributed by atoms with Crippen molar-refractivity contribution in [1.82, 2.24) is 10.6 Å². The number of nitrogens with zero attached hydrogens (tertiary/aromatic N) is 1. The van der Waals surface area contributed by atoms with Gasteiger partial charge >= 0.3 is 5.97 Å². The first-order valence-electron chi connectivity index (χ1n) is 11.1. The van der Waals surface area contributed by atoms with Crippen LogP contribution in [0.5, 0.6) is 0 Å². The molecule has 0 heterocycles. The third-order valence-electron chi connectivity index (χ3n) is 5.25. The van der Waals surface area contributed by atoms with Crippen molar-refractivity contribution in [2.75, 3.05) is 13.6 Å². The van der Waals surface area contributed by atoms with E-state index in [1.165, 1.54) is 12.6 Å². The number of nitrogens with two attached hydrogens (primary N) is 2. The van der Waals surface area contributed by atoms with Crippen LogP contribution in [0.1, 0.15) is 56.6 Å². The first-order valence-corrected chi connectivity index (χ1v) is 11.1. The van der Waals surface area contributed by atoms with Gasteiger partial charge in [0.2, 0.25) is 11.8 Å². The molecule has 9 nitrogen and oxygen atoms in total. The molecule has 0 spiro atoms. The van der Waals surface area contributed by atoms with Crippen LogP contribution in [0.4, 0.5) is 0 Å². The number of carbonyl (C=O) groups is 3. The fraction of sp³-hybridized carbons (Fsp3) is 0.565. The van der Waals surface area contributed by atoms with Gasteiger partial charge in [0.1, 0.15) is 6.04 Å². The number of carboxylic acid groups (broad SMARTS) is 1. The average molecular weight is 448 g/mol. The van der Waals surface area contributed by atoms with E-state index in [1.54, 1.807) is 0 Å². The SMILES string of the molecule is CCCc1ccc(CCC(CCC(=O)O)C(=O)N[C@@H](CCCN=C(N)N)C(=O)NC)cc1. The van der Waals surface area contributed by atoms with E-state index in [0.717, 1.165) is 18.4 Å². The molecule has 7 N–H and O–H groups in total.